The number of rotatable bonds is 2. The van der Waals surface area contributed by atoms with Gasteiger partial charge < -0.3 is 15.4 Å². The van der Waals surface area contributed by atoms with Crippen LogP contribution in [0, 0.1) is 0 Å². The van der Waals surface area contributed by atoms with E-state index in [1.54, 1.807) is 13.8 Å². The molecule has 10 heteroatoms. The highest BCUT2D eigenvalue weighted by Crippen LogP contribution is 2.29. The van der Waals surface area contributed by atoms with E-state index < -0.39 is 23.7 Å². The monoisotopic (exact) mass is 343 g/mol. The zero-order valence-corrected chi connectivity index (χ0v) is 12.5. The summed E-state index contributed by atoms with van der Waals surface area (Å²) in [5.41, 5.74) is -0.0548. The second-order valence-corrected chi connectivity index (χ2v) is 5.41. The molecule has 0 aliphatic carbocycles. The van der Waals surface area contributed by atoms with Crippen molar-refractivity contribution in [2.24, 2.45) is 0 Å². The Hall–Kier alpha value is -2.91. The number of carbonyl (C=O) groups is 3. The van der Waals surface area contributed by atoms with Gasteiger partial charge in [-0.2, -0.15) is 13.2 Å². The van der Waals surface area contributed by atoms with E-state index in [2.05, 4.69) is 20.4 Å². The number of ether oxygens (including phenoxy) is 1. The molecule has 0 fully saturated rings. The van der Waals surface area contributed by atoms with Gasteiger partial charge >= 0.3 is 18.1 Å². The molecule has 0 unspecified atom stereocenters. The van der Waals surface area contributed by atoms with Crippen molar-refractivity contribution in [2.45, 2.75) is 25.6 Å². The van der Waals surface area contributed by atoms with Gasteiger partial charge in [0.2, 0.25) is 0 Å². The van der Waals surface area contributed by atoms with E-state index >= 15 is 0 Å². The Labute approximate surface area is 133 Å². The van der Waals surface area contributed by atoms with Gasteiger partial charge in [0.25, 0.3) is 5.91 Å². The molecule has 2 N–H and O–H groups in total. The number of hydrogen-bond acceptors (Lipinski definition) is 6. The molecule has 0 saturated carbocycles. The fourth-order valence-corrected chi connectivity index (χ4v) is 1.77. The Morgan fingerprint density at radius 3 is 2.62 bits per heavy atom. The average molecular weight is 343 g/mol. The molecule has 0 aromatic carbocycles. The highest BCUT2D eigenvalue weighted by molar-refractivity contribution is 6.04. The molecule has 1 aliphatic heterocycles. The minimum Gasteiger partial charge on any atom is -0.383 e. The standard InChI is InChI=1S/C14H12F3N3O4/c1-13(2)11(22)19-10-8(20-13)5-7(6-18-10)3-4-9(21)24-12(23)14(15,16)17/h3-6,20H,1-2H3,(H,18,19,22)/b4-3+. The van der Waals surface area contributed by atoms with Crippen LogP contribution >= 0.6 is 0 Å². The summed E-state index contributed by atoms with van der Waals surface area (Å²) in [7, 11) is 0. The molecule has 24 heavy (non-hydrogen) atoms. The molecule has 1 aliphatic rings. The van der Waals surface area contributed by atoms with E-state index in [9.17, 15) is 27.6 Å². The van der Waals surface area contributed by atoms with Crippen LogP contribution in [-0.2, 0) is 19.1 Å². The van der Waals surface area contributed by atoms with Crippen LogP contribution in [-0.4, -0.2) is 34.5 Å². The van der Waals surface area contributed by atoms with E-state index in [0.29, 0.717) is 17.3 Å². The first kappa shape index (κ1) is 17.4. The number of anilines is 2. The van der Waals surface area contributed by atoms with E-state index in [1.807, 2.05) is 0 Å². The molecular weight excluding hydrogens is 331 g/mol. The second-order valence-electron chi connectivity index (χ2n) is 5.41. The fraction of sp³-hybridized carbons (Fsp3) is 0.286. The van der Waals surface area contributed by atoms with Gasteiger partial charge in [-0.1, -0.05) is 0 Å². The number of alkyl halides is 3. The van der Waals surface area contributed by atoms with Crippen LogP contribution < -0.4 is 10.6 Å². The summed E-state index contributed by atoms with van der Waals surface area (Å²) < 4.78 is 39.5. The fourth-order valence-electron chi connectivity index (χ4n) is 1.77. The van der Waals surface area contributed by atoms with E-state index in [0.717, 1.165) is 6.08 Å². The van der Waals surface area contributed by atoms with Crippen LogP contribution in [0.2, 0.25) is 0 Å². The number of fused-ring (bicyclic) bond motifs is 1. The Kier molecular flexibility index (Phi) is 4.32. The van der Waals surface area contributed by atoms with Crippen molar-refractivity contribution in [2.75, 3.05) is 10.6 Å². The third-order valence-corrected chi connectivity index (χ3v) is 2.99. The maximum Gasteiger partial charge on any atom is 0.491 e. The predicted octanol–water partition coefficient (Wildman–Crippen LogP) is 1.87. The SMILES string of the molecule is CC1(C)Nc2cc(/C=C/C(=O)OC(=O)C(F)(F)F)cnc2NC1=O. The van der Waals surface area contributed by atoms with Crippen LogP contribution in [0.25, 0.3) is 6.08 Å². The van der Waals surface area contributed by atoms with Gasteiger partial charge in [-0.05, 0) is 31.6 Å². The summed E-state index contributed by atoms with van der Waals surface area (Å²) in [4.78, 5) is 37.4. The van der Waals surface area contributed by atoms with Gasteiger partial charge in [0, 0.05) is 12.3 Å². The van der Waals surface area contributed by atoms with Crippen molar-refractivity contribution in [1.82, 2.24) is 4.98 Å². The number of carbonyl (C=O) groups excluding carboxylic acids is 3. The Balaban J connectivity index is 2.11. The smallest absolute Gasteiger partial charge is 0.383 e. The number of nitrogens with zero attached hydrogens (tertiary/aromatic N) is 1. The summed E-state index contributed by atoms with van der Waals surface area (Å²) in [6.45, 7) is 3.29. The van der Waals surface area contributed by atoms with Crippen LogP contribution in [0.5, 0.6) is 0 Å². The lowest BCUT2D eigenvalue weighted by atomic mass is 10.0. The minimum absolute atomic E-state index is 0.278. The summed E-state index contributed by atoms with van der Waals surface area (Å²) in [6.07, 6.45) is -2.16. The molecule has 1 amide bonds. The van der Waals surface area contributed by atoms with E-state index in [1.165, 1.54) is 12.3 Å². The summed E-state index contributed by atoms with van der Waals surface area (Å²) in [6, 6.07) is 1.53. The number of hydrogen-bond donors (Lipinski definition) is 2. The topological polar surface area (TPSA) is 97.4 Å². The van der Waals surface area contributed by atoms with Gasteiger partial charge in [0.05, 0.1) is 5.69 Å². The molecule has 128 valence electrons. The molecule has 0 radical (unpaired) electrons. The van der Waals surface area contributed by atoms with E-state index in [4.69, 9.17) is 0 Å². The van der Waals surface area contributed by atoms with Crippen molar-refractivity contribution >= 4 is 35.4 Å². The van der Waals surface area contributed by atoms with E-state index in [-0.39, 0.29) is 11.7 Å². The van der Waals surface area contributed by atoms with Crippen LogP contribution in [0.15, 0.2) is 18.3 Å². The van der Waals surface area contributed by atoms with Crippen molar-refractivity contribution in [3.63, 3.8) is 0 Å². The lowest BCUT2D eigenvalue weighted by Gasteiger charge is -2.32. The van der Waals surface area contributed by atoms with Crippen molar-refractivity contribution in [3.05, 3.63) is 23.9 Å². The van der Waals surface area contributed by atoms with Crippen LogP contribution in [0.4, 0.5) is 24.7 Å². The van der Waals surface area contributed by atoms with Gasteiger partial charge in [-0.15, -0.1) is 0 Å². The Morgan fingerprint density at radius 2 is 2.00 bits per heavy atom. The normalized spacial score (nSPS) is 16.1. The first-order chi connectivity index (χ1) is 11.0. The zero-order chi connectivity index (χ0) is 18.1. The number of halogens is 3. The molecule has 1 aromatic rings. The van der Waals surface area contributed by atoms with Crippen molar-refractivity contribution in [3.8, 4) is 0 Å². The quantitative estimate of drug-likeness (QED) is 0.483. The summed E-state index contributed by atoms with van der Waals surface area (Å²) in [5, 5.41) is 5.53. The molecule has 7 nitrogen and oxygen atoms in total. The molecular formula is C14H12F3N3O4. The van der Waals surface area contributed by atoms with Gasteiger partial charge in [0.1, 0.15) is 5.54 Å². The third kappa shape index (κ3) is 3.89. The van der Waals surface area contributed by atoms with Crippen LogP contribution in [0.1, 0.15) is 19.4 Å². The molecule has 1 aromatic heterocycles. The molecule has 0 bridgehead atoms. The third-order valence-electron chi connectivity index (χ3n) is 2.99. The van der Waals surface area contributed by atoms with Crippen molar-refractivity contribution < 1.29 is 32.3 Å². The van der Waals surface area contributed by atoms with Crippen LogP contribution in [0.3, 0.4) is 0 Å². The number of pyridine rings is 1. The molecule has 2 heterocycles. The summed E-state index contributed by atoms with van der Waals surface area (Å²) in [5.74, 6) is -4.05. The second kappa shape index (κ2) is 5.95. The van der Waals surface area contributed by atoms with Crippen molar-refractivity contribution in [1.29, 1.82) is 0 Å². The maximum atomic E-state index is 12.0. The Bertz CT molecular complexity index is 741. The molecule has 0 atom stereocenters. The number of aromatic nitrogens is 1. The first-order valence-corrected chi connectivity index (χ1v) is 6.60. The zero-order valence-electron chi connectivity index (χ0n) is 12.5. The average Bonchev–Trinajstić information content (AvgIpc) is 2.45. The highest BCUT2D eigenvalue weighted by atomic mass is 19.4. The first-order valence-electron chi connectivity index (χ1n) is 6.60. The Morgan fingerprint density at radius 1 is 1.33 bits per heavy atom. The lowest BCUT2D eigenvalue weighted by molar-refractivity contribution is -0.200. The number of amides is 1. The number of esters is 2. The molecule has 0 spiro atoms. The minimum atomic E-state index is -5.25. The number of nitrogens with one attached hydrogen (secondary N) is 2. The lowest BCUT2D eigenvalue weighted by Crippen LogP contribution is -2.47. The summed E-state index contributed by atoms with van der Waals surface area (Å²) >= 11 is 0. The van der Waals surface area contributed by atoms with Gasteiger partial charge in [0.15, 0.2) is 5.82 Å². The highest BCUT2D eigenvalue weighted by Gasteiger charge is 2.42. The maximum absolute atomic E-state index is 12.0. The predicted molar refractivity (Wildman–Crippen MR) is 76.8 cm³/mol. The largest absolute Gasteiger partial charge is 0.491 e. The molecule has 2 rings (SSSR count). The van der Waals surface area contributed by atoms with Gasteiger partial charge in [-0.3, -0.25) is 4.79 Å². The molecule has 0 saturated heterocycles. The van der Waals surface area contributed by atoms with Gasteiger partial charge in [-0.25, -0.2) is 14.6 Å².